The number of carbonyl (C=O) groups is 1. The Hall–Kier alpha value is -2.28. The van der Waals surface area contributed by atoms with E-state index in [1.54, 1.807) is 0 Å². The largest absolute Gasteiger partial charge is 0.478 e. The van der Waals surface area contributed by atoms with Crippen molar-refractivity contribution >= 4 is 32.9 Å². The van der Waals surface area contributed by atoms with Gasteiger partial charge in [-0.05, 0) is 30.3 Å². The normalized spacial score (nSPS) is 11.0. The fourth-order valence-corrected chi connectivity index (χ4v) is 2.43. The smallest absolute Gasteiger partial charge is 0.335 e. The van der Waals surface area contributed by atoms with Crippen LogP contribution in [0.4, 0.5) is 8.78 Å². The number of H-pyrrole nitrogens is 1. The Labute approximate surface area is 125 Å². The number of rotatable bonds is 2. The molecule has 0 atom stereocenters. The Morgan fingerprint density at radius 1 is 1.19 bits per heavy atom. The molecule has 0 aliphatic rings. The molecule has 0 aliphatic carbocycles. The van der Waals surface area contributed by atoms with E-state index in [2.05, 4.69) is 25.9 Å². The first-order valence-corrected chi connectivity index (χ1v) is 6.63. The highest BCUT2D eigenvalue weighted by molar-refractivity contribution is 9.10. The number of nitrogens with zero attached hydrogens (tertiary/aromatic N) is 1. The van der Waals surface area contributed by atoms with Crippen molar-refractivity contribution in [2.45, 2.75) is 0 Å². The average Bonchev–Trinajstić information content (AvgIpc) is 2.79. The maximum absolute atomic E-state index is 13.9. The van der Waals surface area contributed by atoms with Gasteiger partial charge in [0.05, 0.1) is 22.2 Å². The molecule has 0 amide bonds. The van der Waals surface area contributed by atoms with Gasteiger partial charge in [-0.2, -0.15) is 0 Å². The van der Waals surface area contributed by atoms with Crippen molar-refractivity contribution < 1.29 is 18.7 Å². The summed E-state index contributed by atoms with van der Waals surface area (Å²) in [5.41, 5.74) is 0.601. The van der Waals surface area contributed by atoms with Gasteiger partial charge < -0.3 is 10.1 Å². The van der Waals surface area contributed by atoms with Gasteiger partial charge >= 0.3 is 5.97 Å². The lowest BCUT2D eigenvalue weighted by atomic mass is 10.2. The molecular weight excluding hydrogens is 346 g/mol. The summed E-state index contributed by atoms with van der Waals surface area (Å²) in [4.78, 5) is 17.7. The van der Waals surface area contributed by atoms with Crippen molar-refractivity contribution in [3.63, 3.8) is 0 Å². The SMILES string of the molecule is O=C(O)c1ccc2nc(-c3c(F)cc(Br)cc3F)[nH]c2c1. The zero-order valence-electron chi connectivity index (χ0n) is 10.3. The zero-order valence-corrected chi connectivity index (χ0v) is 11.9. The molecule has 1 heterocycles. The number of hydrogen-bond donors (Lipinski definition) is 2. The van der Waals surface area contributed by atoms with Gasteiger partial charge in [0.15, 0.2) is 0 Å². The van der Waals surface area contributed by atoms with Crippen molar-refractivity contribution in [3.8, 4) is 11.4 Å². The van der Waals surface area contributed by atoms with E-state index in [9.17, 15) is 13.6 Å². The Kier molecular flexibility index (Phi) is 3.21. The van der Waals surface area contributed by atoms with Gasteiger partial charge in [-0.3, -0.25) is 0 Å². The minimum Gasteiger partial charge on any atom is -0.478 e. The van der Waals surface area contributed by atoms with Crippen LogP contribution in [0.3, 0.4) is 0 Å². The number of aromatic carboxylic acids is 1. The van der Waals surface area contributed by atoms with E-state index in [4.69, 9.17) is 5.11 Å². The zero-order chi connectivity index (χ0) is 15.1. The predicted molar refractivity (Wildman–Crippen MR) is 76.1 cm³/mol. The van der Waals surface area contributed by atoms with E-state index >= 15 is 0 Å². The van der Waals surface area contributed by atoms with E-state index in [0.717, 1.165) is 12.1 Å². The van der Waals surface area contributed by atoms with E-state index < -0.39 is 17.6 Å². The molecule has 3 aromatic rings. The van der Waals surface area contributed by atoms with Crippen LogP contribution in [0, 0.1) is 11.6 Å². The predicted octanol–water partition coefficient (Wildman–Crippen LogP) is 3.97. The number of benzene rings is 2. The van der Waals surface area contributed by atoms with E-state index in [-0.39, 0.29) is 21.4 Å². The lowest BCUT2D eigenvalue weighted by molar-refractivity contribution is 0.0697. The molecule has 0 aliphatic heterocycles. The third kappa shape index (κ3) is 2.40. The maximum Gasteiger partial charge on any atom is 0.335 e. The number of carboxylic acid groups (broad SMARTS) is 1. The number of fused-ring (bicyclic) bond motifs is 1. The number of nitrogens with one attached hydrogen (secondary N) is 1. The average molecular weight is 353 g/mol. The molecule has 106 valence electrons. The lowest BCUT2D eigenvalue weighted by Crippen LogP contribution is -1.94. The van der Waals surface area contributed by atoms with Gasteiger partial charge in [0.25, 0.3) is 0 Å². The monoisotopic (exact) mass is 352 g/mol. The maximum atomic E-state index is 13.9. The topological polar surface area (TPSA) is 66.0 Å². The molecule has 3 rings (SSSR count). The van der Waals surface area contributed by atoms with Crippen molar-refractivity contribution in [3.05, 3.63) is 52.0 Å². The van der Waals surface area contributed by atoms with Crippen LogP contribution in [0.1, 0.15) is 10.4 Å². The summed E-state index contributed by atoms with van der Waals surface area (Å²) in [7, 11) is 0. The van der Waals surface area contributed by atoms with Crippen LogP contribution >= 0.6 is 15.9 Å². The second-order valence-electron chi connectivity index (χ2n) is 4.37. The van der Waals surface area contributed by atoms with E-state index in [0.29, 0.717) is 11.0 Å². The number of aromatic nitrogens is 2. The van der Waals surface area contributed by atoms with Crippen molar-refractivity contribution in [2.24, 2.45) is 0 Å². The molecule has 0 unspecified atom stereocenters. The Morgan fingerprint density at radius 3 is 2.48 bits per heavy atom. The summed E-state index contributed by atoms with van der Waals surface area (Å²) in [6, 6.07) is 6.49. The van der Waals surface area contributed by atoms with Crippen LogP contribution in [0.25, 0.3) is 22.4 Å². The Bertz CT molecular complexity index is 854. The number of aromatic amines is 1. The fourth-order valence-electron chi connectivity index (χ4n) is 2.03. The van der Waals surface area contributed by atoms with Crippen LogP contribution < -0.4 is 0 Å². The molecule has 7 heteroatoms. The molecule has 0 spiro atoms. The molecule has 1 aromatic heterocycles. The minimum absolute atomic E-state index is 0.00930. The summed E-state index contributed by atoms with van der Waals surface area (Å²) in [6.07, 6.45) is 0. The number of hydrogen-bond acceptors (Lipinski definition) is 2. The molecule has 0 saturated heterocycles. The number of carboxylic acids is 1. The Balaban J connectivity index is 2.20. The first-order chi connectivity index (χ1) is 9.95. The molecule has 0 fully saturated rings. The van der Waals surface area contributed by atoms with E-state index in [1.165, 1.54) is 18.2 Å². The van der Waals surface area contributed by atoms with E-state index in [1.807, 2.05) is 0 Å². The Morgan fingerprint density at radius 2 is 1.86 bits per heavy atom. The molecule has 0 saturated carbocycles. The van der Waals surface area contributed by atoms with Gasteiger partial charge in [-0.15, -0.1) is 0 Å². The quantitative estimate of drug-likeness (QED) is 0.733. The van der Waals surface area contributed by atoms with Crippen LogP contribution in [0.2, 0.25) is 0 Å². The van der Waals surface area contributed by atoms with Gasteiger partial charge in [-0.1, -0.05) is 15.9 Å². The summed E-state index contributed by atoms with van der Waals surface area (Å²) >= 11 is 3.00. The first kappa shape index (κ1) is 13.7. The first-order valence-electron chi connectivity index (χ1n) is 5.83. The number of halogens is 3. The minimum atomic E-state index is -1.09. The molecule has 4 nitrogen and oxygen atoms in total. The third-order valence-corrected chi connectivity index (χ3v) is 3.43. The second-order valence-corrected chi connectivity index (χ2v) is 5.28. The van der Waals surface area contributed by atoms with Crippen molar-refractivity contribution in [2.75, 3.05) is 0 Å². The standard InChI is InChI=1S/C14H7BrF2N2O2/c15-7-4-8(16)12(9(17)5-7)13-18-10-2-1-6(14(20)21)3-11(10)19-13/h1-5H,(H,18,19)(H,20,21). The summed E-state index contributed by atoms with van der Waals surface area (Å²) < 4.78 is 28.1. The van der Waals surface area contributed by atoms with Crippen LogP contribution in [0.15, 0.2) is 34.8 Å². The lowest BCUT2D eigenvalue weighted by Gasteiger charge is -2.02. The second kappa shape index (κ2) is 4.92. The summed E-state index contributed by atoms with van der Waals surface area (Å²) in [5, 5.41) is 8.93. The van der Waals surface area contributed by atoms with Crippen LogP contribution in [0.5, 0.6) is 0 Å². The molecular formula is C14H7BrF2N2O2. The molecule has 2 aromatic carbocycles. The summed E-state index contributed by atoms with van der Waals surface area (Å²) in [6.45, 7) is 0. The summed E-state index contributed by atoms with van der Waals surface area (Å²) in [5.74, 6) is -2.61. The van der Waals surface area contributed by atoms with Crippen molar-refractivity contribution in [1.29, 1.82) is 0 Å². The molecule has 2 N–H and O–H groups in total. The molecule has 0 radical (unpaired) electrons. The van der Waals surface area contributed by atoms with Crippen molar-refractivity contribution in [1.82, 2.24) is 9.97 Å². The highest BCUT2D eigenvalue weighted by Crippen LogP contribution is 2.28. The third-order valence-electron chi connectivity index (χ3n) is 2.97. The van der Waals surface area contributed by atoms with Gasteiger partial charge in [-0.25, -0.2) is 18.6 Å². The van der Waals surface area contributed by atoms with Gasteiger partial charge in [0.2, 0.25) is 0 Å². The molecule has 0 bridgehead atoms. The van der Waals surface area contributed by atoms with Gasteiger partial charge in [0.1, 0.15) is 17.5 Å². The fraction of sp³-hybridized carbons (Fsp3) is 0. The highest BCUT2D eigenvalue weighted by atomic mass is 79.9. The van der Waals surface area contributed by atoms with Gasteiger partial charge in [0, 0.05) is 4.47 Å². The number of imidazole rings is 1. The highest BCUT2D eigenvalue weighted by Gasteiger charge is 2.17. The van der Waals surface area contributed by atoms with Crippen LogP contribution in [-0.4, -0.2) is 21.0 Å². The molecule has 21 heavy (non-hydrogen) atoms. The van der Waals surface area contributed by atoms with Crippen LogP contribution in [-0.2, 0) is 0 Å².